The molecule has 31 heavy (non-hydrogen) atoms. The highest BCUT2D eigenvalue weighted by Gasteiger charge is 2.52. The number of fused-ring (bicyclic) bond motifs is 3. The van der Waals surface area contributed by atoms with Gasteiger partial charge in [-0.3, -0.25) is 4.79 Å². The van der Waals surface area contributed by atoms with Crippen molar-refractivity contribution in [3.05, 3.63) is 71.5 Å². The van der Waals surface area contributed by atoms with E-state index in [1.165, 1.54) is 29.7 Å². The predicted octanol–water partition coefficient (Wildman–Crippen LogP) is 6.80. The van der Waals surface area contributed by atoms with Crippen LogP contribution < -0.4 is 0 Å². The van der Waals surface area contributed by atoms with Gasteiger partial charge in [0.25, 0.3) is 5.91 Å². The molecule has 3 aliphatic rings. The van der Waals surface area contributed by atoms with Crippen LogP contribution in [0.15, 0.2) is 65.9 Å². The maximum absolute atomic E-state index is 12.9. The average molecular weight is 418 g/mol. The van der Waals surface area contributed by atoms with Gasteiger partial charge in [-0.2, -0.15) is 0 Å². The topological polar surface area (TPSA) is 20.3 Å². The highest BCUT2D eigenvalue weighted by molar-refractivity contribution is 5.95. The van der Waals surface area contributed by atoms with Crippen LogP contribution in [0.25, 0.3) is 0 Å². The third kappa shape index (κ3) is 4.19. The first-order valence-corrected chi connectivity index (χ1v) is 12.3. The number of nitrogens with zero attached hydrogens (tertiary/aromatic N) is 1. The van der Waals surface area contributed by atoms with Crippen molar-refractivity contribution in [2.45, 2.75) is 60.3 Å². The molecule has 0 spiro atoms. The first kappa shape index (κ1) is 22.1. The molecule has 0 saturated heterocycles. The summed E-state index contributed by atoms with van der Waals surface area (Å²) in [5.41, 5.74) is 4.08. The van der Waals surface area contributed by atoms with Gasteiger partial charge in [0.2, 0.25) is 0 Å². The molecular formula is C29H39NO. The minimum atomic E-state index is 0.184. The van der Waals surface area contributed by atoms with Crippen LogP contribution in [0.3, 0.4) is 0 Å². The van der Waals surface area contributed by atoms with E-state index in [1.54, 1.807) is 0 Å². The standard InChI is InChI=1S/C29H39NO/c1-20(2)21(3)11-12-22(4)25-13-14-26-24-19-28(31)30(27(24)15-17-29(25,26)5)18-16-23-9-7-6-8-10-23/h6-12,15,19-22,25-26H,13-14,16-18H2,1-5H3/b12-11+/t21-,22+,25+,26-,29+/m0/s1. The number of hydrogen-bond acceptors (Lipinski definition) is 1. The molecule has 4 rings (SSSR count). The first-order valence-electron chi connectivity index (χ1n) is 12.3. The van der Waals surface area contributed by atoms with Crippen LogP contribution >= 0.6 is 0 Å². The molecule has 2 aliphatic carbocycles. The van der Waals surface area contributed by atoms with E-state index in [-0.39, 0.29) is 11.3 Å². The molecule has 0 aromatic heterocycles. The highest BCUT2D eigenvalue weighted by Crippen LogP contribution is 2.60. The summed E-state index contributed by atoms with van der Waals surface area (Å²) < 4.78 is 0. The summed E-state index contributed by atoms with van der Waals surface area (Å²) in [6.45, 7) is 12.6. The van der Waals surface area contributed by atoms with Crippen LogP contribution in [0.2, 0.25) is 0 Å². The van der Waals surface area contributed by atoms with E-state index >= 15 is 0 Å². The molecule has 1 aromatic carbocycles. The van der Waals surface area contributed by atoms with Gasteiger partial charge in [0.15, 0.2) is 0 Å². The van der Waals surface area contributed by atoms with Crippen LogP contribution in [0.5, 0.6) is 0 Å². The maximum Gasteiger partial charge on any atom is 0.251 e. The normalized spacial score (nSPS) is 29.7. The van der Waals surface area contributed by atoms with Crippen molar-refractivity contribution in [2.75, 3.05) is 6.54 Å². The van der Waals surface area contributed by atoms with Gasteiger partial charge in [0.05, 0.1) is 0 Å². The summed E-state index contributed by atoms with van der Waals surface area (Å²) >= 11 is 0. The van der Waals surface area contributed by atoms with E-state index in [1.807, 2.05) is 17.0 Å². The van der Waals surface area contributed by atoms with Gasteiger partial charge in [0, 0.05) is 18.3 Å². The Morgan fingerprint density at radius 2 is 1.84 bits per heavy atom. The average Bonchev–Trinajstić information content (AvgIpc) is 3.27. The van der Waals surface area contributed by atoms with Gasteiger partial charge < -0.3 is 4.90 Å². The molecule has 5 atom stereocenters. The second-order valence-electron chi connectivity index (χ2n) is 10.7. The van der Waals surface area contributed by atoms with Gasteiger partial charge in [-0.1, -0.05) is 83.2 Å². The van der Waals surface area contributed by atoms with Crippen LogP contribution in [-0.2, 0) is 11.2 Å². The fourth-order valence-electron chi connectivity index (χ4n) is 6.14. The van der Waals surface area contributed by atoms with Gasteiger partial charge in [-0.25, -0.2) is 0 Å². The Morgan fingerprint density at radius 1 is 1.10 bits per heavy atom. The molecule has 0 bridgehead atoms. The van der Waals surface area contributed by atoms with Crippen LogP contribution in [-0.4, -0.2) is 17.4 Å². The van der Waals surface area contributed by atoms with Crippen molar-refractivity contribution in [1.29, 1.82) is 0 Å². The van der Waals surface area contributed by atoms with Crippen molar-refractivity contribution in [2.24, 2.45) is 35.0 Å². The molecule has 1 aromatic rings. The van der Waals surface area contributed by atoms with E-state index in [0.717, 1.165) is 19.4 Å². The quantitative estimate of drug-likeness (QED) is 0.447. The largest absolute Gasteiger partial charge is 0.309 e. The molecule has 0 unspecified atom stereocenters. The number of hydrogen-bond donors (Lipinski definition) is 0. The van der Waals surface area contributed by atoms with E-state index in [0.29, 0.717) is 29.6 Å². The monoisotopic (exact) mass is 417 g/mol. The molecule has 0 radical (unpaired) electrons. The highest BCUT2D eigenvalue weighted by atomic mass is 16.2. The minimum absolute atomic E-state index is 0.184. The van der Waals surface area contributed by atoms with Crippen molar-refractivity contribution in [3.63, 3.8) is 0 Å². The van der Waals surface area contributed by atoms with E-state index in [4.69, 9.17) is 0 Å². The minimum Gasteiger partial charge on any atom is -0.309 e. The summed E-state index contributed by atoms with van der Waals surface area (Å²) in [5.74, 6) is 3.27. The molecule has 1 saturated carbocycles. The zero-order chi connectivity index (χ0) is 22.2. The molecule has 1 heterocycles. The molecule has 0 N–H and O–H groups in total. The molecule has 1 fully saturated rings. The van der Waals surface area contributed by atoms with Crippen molar-refractivity contribution < 1.29 is 4.79 Å². The van der Waals surface area contributed by atoms with Crippen molar-refractivity contribution in [3.8, 4) is 0 Å². The van der Waals surface area contributed by atoms with Gasteiger partial charge in [-0.05, 0) is 71.8 Å². The fourth-order valence-corrected chi connectivity index (χ4v) is 6.14. The van der Waals surface area contributed by atoms with E-state index in [9.17, 15) is 4.79 Å². The third-order valence-electron chi connectivity index (χ3n) is 8.52. The van der Waals surface area contributed by atoms with Crippen LogP contribution in [0.1, 0.15) is 59.4 Å². The second-order valence-corrected chi connectivity index (χ2v) is 10.7. The smallest absolute Gasteiger partial charge is 0.251 e. The van der Waals surface area contributed by atoms with Crippen LogP contribution in [0.4, 0.5) is 0 Å². The van der Waals surface area contributed by atoms with E-state index < -0.39 is 0 Å². The van der Waals surface area contributed by atoms with Gasteiger partial charge in [0.1, 0.15) is 0 Å². The van der Waals surface area contributed by atoms with E-state index in [2.05, 4.69) is 77.1 Å². The SMILES string of the molecule is CC(C)[C@@H](C)/C=C/[C@@H](C)[C@H]1CC[C@H]2C3=CC(=O)N(CCc4ccccc4)C3=CC[C@]12C. The number of carbonyl (C=O) groups excluding carboxylic acids is 1. The van der Waals surface area contributed by atoms with Crippen molar-refractivity contribution >= 4 is 5.91 Å². The number of rotatable bonds is 7. The third-order valence-corrected chi connectivity index (χ3v) is 8.52. The lowest BCUT2D eigenvalue weighted by Crippen LogP contribution is -2.37. The van der Waals surface area contributed by atoms with Gasteiger partial charge in [-0.15, -0.1) is 0 Å². The summed E-state index contributed by atoms with van der Waals surface area (Å²) in [6, 6.07) is 10.5. The fraction of sp³-hybridized carbons (Fsp3) is 0.552. The number of allylic oxidation sites excluding steroid dienone is 4. The lowest BCUT2D eigenvalue weighted by molar-refractivity contribution is -0.123. The molecule has 2 heteroatoms. The number of amides is 1. The summed E-state index contributed by atoms with van der Waals surface area (Å²) in [5, 5.41) is 0. The molecule has 1 aliphatic heterocycles. The van der Waals surface area contributed by atoms with Crippen LogP contribution in [0, 0.1) is 35.0 Å². The maximum atomic E-state index is 12.9. The Hall–Kier alpha value is -2.09. The Morgan fingerprint density at radius 3 is 2.55 bits per heavy atom. The van der Waals surface area contributed by atoms with Gasteiger partial charge >= 0.3 is 0 Å². The zero-order valence-corrected chi connectivity index (χ0v) is 20.0. The Balaban J connectivity index is 1.49. The molecular weight excluding hydrogens is 378 g/mol. The second kappa shape index (κ2) is 8.81. The Kier molecular flexibility index (Phi) is 6.28. The van der Waals surface area contributed by atoms with Crippen molar-refractivity contribution in [1.82, 2.24) is 4.90 Å². The predicted molar refractivity (Wildman–Crippen MR) is 129 cm³/mol. The molecule has 1 amide bonds. The lowest BCUT2D eigenvalue weighted by atomic mass is 9.62. The lowest BCUT2D eigenvalue weighted by Gasteiger charge is -2.43. The molecule has 2 nitrogen and oxygen atoms in total. The summed E-state index contributed by atoms with van der Waals surface area (Å²) in [4.78, 5) is 14.9. The Labute approximate surface area is 189 Å². The number of carbonyl (C=O) groups is 1. The first-order chi connectivity index (χ1) is 14.8. The zero-order valence-electron chi connectivity index (χ0n) is 20.0. The molecule has 166 valence electrons. The summed E-state index contributed by atoms with van der Waals surface area (Å²) in [6.07, 6.45) is 13.7. The Bertz CT molecular complexity index is 893. The summed E-state index contributed by atoms with van der Waals surface area (Å²) in [7, 11) is 0. The number of benzene rings is 1.